The van der Waals surface area contributed by atoms with Crippen molar-refractivity contribution in [2.24, 2.45) is 5.73 Å². The van der Waals surface area contributed by atoms with Gasteiger partial charge in [0.2, 0.25) is 0 Å². The third-order valence-corrected chi connectivity index (χ3v) is 2.24. The minimum absolute atomic E-state index is 0.0630. The molecule has 0 spiro atoms. The van der Waals surface area contributed by atoms with Gasteiger partial charge in [-0.05, 0) is 12.1 Å². The number of furan rings is 1. The van der Waals surface area contributed by atoms with E-state index in [4.69, 9.17) is 10.2 Å². The Morgan fingerprint density at radius 3 is 2.94 bits per heavy atom. The molecule has 0 fully saturated rings. The van der Waals surface area contributed by atoms with Crippen LogP contribution in [0, 0.1) is 6.07 Å². The third-order valence-electron chi connectivity index (χ3n) is 2.24. The summed E-state index contributed by atoms with van der Waals surface area (Å²) in [5.74, 6) is -0.176. The number of nitrogens with two attached hydrogens (primary N) is 1. The summed E-state index contributed by atoms with van der Waals surface area (Å²) < 4.78 is 6.76. The molecule has 0 aromatic carbocycles. The first-order chi connectivity index (χ1) is 8.60. The molecule has 2 aromatic heterocycles. The van der Waals surface area contributed by atoms with Gasteiger partial charge in [-0.25, -0.2) is 0 Å². The molecule has 2 heterocycles. The summed E-state index contributed by atoms with van der Waals surface area (Å²) >= 11 is 0. The highest BCUT2D eigenvalue weighted by molar-refractivity contribution is 5.91. The topological polar surface area (TPSA) is 103 Å². The van der Waals surface area contributed by atoms with Crippen LogP contribution in [-0.4, -0.2) is 28.6 Å². The highest BCUT2D eigenvalue weighted by Gasteiger charge is 2.10. The molecule has 1 radical (unpaired) electrons. The molecule has 0 aliphatic heterocycles. The van der Waals surface area contributed by atoms with Crippen LogP contribution >= 0.6 is 0 Å². The Labute approximate surface area is 103 Å². The molecule has 0 bridgehead atoms. The Bertz CT molecular complexity index is 585. The Morgan fingerprint density at radius 1 is 1.56 bits per heavy atom. The van der Waals surface area contributed by atoms with Crippen molar-refractivity contribution in [3.05, 3.63) is 41.6 Å². The molecule has 2 rings (SSSR count). The van der Waals surface area contributed by atoms with Crippen molar-refractivity contribution < 1.29 is 14.0 Å². The van der Waals surface area contributed by atoms with E-state index >= 15 is 0 Å². The second-order valence-electron chi connectivity index (χ2n) is 3.53. The summed E-state index contributed by atoms with van der Waals surface area (Å²) in [4.78, 5) is 22.1. The largest absolute Gasteiger partial charge is 0.454 e. The van der Waals surface area contributed by atoms with E-state index in [1.54, 1.807) is 12.1 Å². The van der Waals surface area contributed by atoms with Gasteiger partial charge in [0.15, 0.2) is 11.5 Å². The average Bonchev–Trinajstić information content (AvgIpc) is 2.98. The van der Waals surface area contributed by atoms with E-state index in [1.807, 2.05) is 0 Å². The zero-order valence-electron chi connectivity index (χ0n) is 9.64. The normalized spacial score (nSPS) is 10.3. The zero-order chi connectivity index (χ0) is 13.1. The van der Waals surface area contributed by atoms with Gasteiger partial charge >= 0.3 is 0 Å². The van der Waals surface area contributed by atoms with E-state index in [-0.39, 0.29) is 17.4 Å². The summed E-state index contributed by atoms with van der Waals surface area (Å²) in [5.41, 5.74) is 5.12. The van der Waals surface area contributed by atoms with Gasteiger partial charge in [-0.1, -0.05) is 0 Å². The van der Waals surface area contributed by atoms with Crippen molar-refractivity contribution >= 4 is 11.8 Å². The quantitative estimate of drug-likeness (QED) is 0.779. The van der Waals surface area contributed by atoms with Crippen LogP contribution < -0.4 is 11.1 Å². The fourth-order valence-corrected chi connectivity index (χ4v) is 1.39. The number of primary amides is 1. The molecule has 0 saturated heterocycles. The predicted octanol–water partition coefficient (Wildman–Crippen LogP) is -0.217. The van der Waals surface area contributed by atoms with Crippen molar-refractivity contribution in [1.82, 2.24) is 15.1 Å². The van der Waals surface area contributed by atoms with Crippen LogP contribution in [0.25, 0.3) is 0 Å². The monoisotopic (exact) mass is 247 g/mol. The Morgan fingerprint density at radius 2 is 2.33 bits per heavy atom. The van der Waals surface area contributed by atoms with Crippen molar-refractivity contribution in [3.8, 4) is 0 Å². The van der Waals surface area contributed by atoms with Gasteiger partial charge in [0.25, 0.3) is 11.8 Å². The van der Waals surface area contributed by atoms with Crippen LogP contribution in [0.4, 0.5) is 0 Å². The molecule has 0 saturated carbocycles. The van der Waals surface area contributed by atoms with Gasteiger partial charge in [-0.15, -0.1) is 0 Å². The van der Waals surface area contributed by atoms with E-state index in [1.165, 1.54) is 17.9 Å². The van der Waals surface area contributed by atoms with Crippen LogP contribution in [0.15, 0.2) is 22.7 Å². The Hall–Kier alpha value is -2.57. The lowest BCUT2D eigenvalue weighted by molar-refractivity contribution is 0.0933. The first-order valence-corrected chi connectivity index (χ1v) is 5.16. The van der Waals surface area contributed by atoms with E-state index in [9.17, 15) is 9.59 Å². The fraction of sp³-hybridized carbons (Fsp3) is 0.182. The van der Waals surface area contributed by atoms with Gasteiger partial charge in [0.05, 0.1) is 6.54 Å². The SMILES string of the molecule is CNC(=O)c1ccc(Cn2c[c]c(C(N)=O)n2)o1. The van der Waals surface area contributed by atoms with Crippen LogP contribution in [0.5, 0.6) is 0 Å². The highest BCUT2D eigenvalue weighted by atomic mass is 16.4. The maximum Gasteiger partial charge on any atom is 0.286 e. The summed E-state index contributed by atoms with van der Waals surface area (Å²) in [6.45, 7) is 0.292. The average molecular weight is 247 g/mol. The molecule has 7 nitrogen and oxygen atoms in total. The molecular formula is C11H11N4O3. The van der Waals surface area contributed by atoms with Gasteiger partial charge in [0, 0.05) is 19.3 Å². The number of nitrogens with zero attached hydrogens (tertiary/aromatic N) is 2. The number of carbonyl (C=O) groups excluding carboxylic acids is 2. The number of amides is 2. The summed E-state index contributed by atoms with van der Waals surface area (Å²) in [5, 5.41) is 6.36. The van der Waals surface area contributed by atoms with Crippen LogP contribution in [0.2, 0.25) is 0 Å². The molecule has 2 amide bonds. The molecule has 0 aliphatic carbocycles. The number of carbonyl (C=O) groups is 2. The van der Waals surface area contributed by atoms with Crippen molar-refractivity contribution in [2.45, 2.75) is 6.54 Å². The lowest BCUT2D eigenvalue weighted by atomic mass is 10.4. The number of rotatable bonds is 4. The molecule has 93 valence electrons. The first-order valence-electron chi connectivity index (χ1n) is 5.16. The second kappa shape index (κ2) is 4.74. The van der Waals surface area contributed by atoms with Crippen LogP contribution in [-0.2, 0) is 6.54 Å². The van der Waals surface area contributed by atoms with Crippen LogP contribution in [0.3, 0.4) is 0 Å². The standard InChI is InChI=1S/C11H11N4O3/c1-13-11(17)9-3-2-7(18-9)6-15-5-4-8(14-15)10(12)16/h2-3,5H,6H2,1H3,(H2,12,16)(H,13,17). The summed E-state index contributed by atoms with van der Waals surface area (Å²) in [6.07, 6.45) is 1.49. The first kappa shape index (κ1) is 11.9. The predicted molar refractivity (Wildman–Crippen MR) is 60.8 cm³/mol. The van der Waals surface area contributed by atoms with E-state index in [0.717, 1.165) is 0 Å². The van der Waals surface area contributed by atoms with Gasteiger partial charge in [-0.2, -0.15) is 5.10 Å². The third kappa shape index (κ3) is 2.40. The number of hydrogen-bond donors (Lipinski definition) is 2. The molecular weight excluding hydrogens is 236 g/mol. The second-order valence-corrected chi connectivity index (χ2v) is 3.53. The Balaban J connectivity index is 2.11. The maximum absolute atomic E-state index is 11.3. The molecule has 0 unspecified atom stereocenters. The van der Waals surface area contributed by atoms with Gasteiger partial charge in [0.1, 0.15) is 5.76 Å². The Kier molecular flexibility index (Phi) is 3.13. The fourth-order valence-electron chi connectivity index (χ4n) is 1.39. The minimum Gasteiger partial charge on any atom is -0.454 e. The van der Waals surface area contributed by atoms with Crippen molar-refractivity contribution in [3.63, 3.8) is 0 Å². The van der Waals surface area contributed by atoms with E-state index in [2.05, 4.69) is 16.5 Å². The molecule has 2 aromatic rings. The van der Waals surface area contributed by atoms with Gasteiger partial charge < -0.3 is 15.5 Å². The molecule has 0 aliphatic rings. The van der Waals surface area contributed by atoms with Crippen LogP contribution in [0.1, 0.15) is 26.8 Å². The lowest BCUT2D eigenvalue weighted by Gasteiger charge is -1.97. The summed E-state index contributed by atoms with van der Waals surface area (Å²) in [7, 11) is 1.52. The van der Waals surface area contributed by atoms with Gasteiger partial charge in [-0.3, -0.25) is 14.3 Å². The van der Waals surface area contributed by atoms with E-state index < -0.39 is 5.91 Å². The van der Waals surface area contributed by atoms with Crippen molar-refractivity contribution in [1.29, 1.82) is 0 Å². The molecule has 18 heavy (non-hydrogen) atoms. The highest BCUT2D eigenvalue weighted by Crippen LogP contribution is 2.09. The minimum atomic E-state index is -0.640. The van der Waals surface area contributed by atoms with E-state index in [0.29, 0.717) is 12.3 Å². The van der Waals surface area contributed by atoms with Crippen molar-refractivity contribution in [2.75, 3.05) is 7.05 Å². The molecule has 0 atom stereocenters. The smallest absolute Gasteiger partial charge is 0.286 e. The molecule has 7 heteroatoms. The maximum atomic E-state index is 11.3. The number of nitrogens with one attached hydrogen (secondary N) is 1. The molecule has 3 N–H and O–H groups in total. The lowest BCUT2D eigenvalue weighted by Crippen LogP contribution is -2.16. The number of hydrogen-bond acceptors (Lipinski definition) is 4. The summed E-state index contributed by atoms with van der Waals surface area (Å²) in [6, 6.07) is 5.85. The number of aromatic nitrogens is 2. The zero-order valence-corrected chi connectivity index (χ0v) is 9.64.